The fourth-order valence-corrected chi connectivity index (χ4v) is 2.80. The molecule has 1 atom stereocenters. The zero-order valence-corrected chi connectivity index (χ0v) is 16.1. The van der Waals surface area contributed by atoms with Crippen molar-refractivity contribution in [1.82, 2.24) is 5.32 Å². The highest BCUT2D eigenvalue weighted by Gasteiger charge is 2.67. The summed E-state index contributed by atoms with van der Waals surface area (Å²) >= 11 is 11.6. The highest BCUT2D eigenvalue weighted by Crippen LogP contribution is 2.33. The first-order valence-corrected chi connectivity index (χ1v) is 8.45. The van der Waals surface area contributed by atoms with Crippen LogP contribution in [0.5, 0.6) is 0 Å². The molecule has 6 nitrogen and oxygen atoms in total. The number of amides is 1. The molecule has 0 aliphatic heterocycles. The molecule has 0 unspecified atom stereocenters. The molecule has 2 rings (SSSR count). The lowest BCUT2D eigenvalue weighted by atomic mass is 10.1. The van der Waals surface area contributed by atoms with Crippen molar-refractivity contribution in [2.24, 2.45) is 0 Å². The number of esters is 1. The molecule has 1 amide bonds. The van der Waals surface area contributed by atoms with Crippen LogP contribution in [0.1, 0.15) is 15.9 Å². The van der Waals surface area contributed by atoms with Crippen LogP contribution in [0.4, 0.5) is 19.0 Å². The summed E-state index contributed by atoms with van der Waals surface area (Å²) in [4.78, 5) is 27.2. The van der Waals surface area contributed by atoms with Gasteiger partial charge in [0, 0.05) is 11.1 Å². The standard InChI is InChI=1S/C17H14Cl2F3N3O3/c1-9-5-6-23-13(7-9)24-16(15(27)28-2,17(20,21)22)25-14(26)11-4-3-10(18)8-12(11)19/h3-8H,1-2H3,(H,23,24)(H,25,26)/p+1/t16-/m0/s1. The maximum Gasteiger partial charge on any atom is 0.464 e. The van der Waals surface area contributed by atoms with E-state index in [4.69, 9.17) is 23.2 Å². The number of methoxy groups -OCH3 is 1. The van der Waals surface area contributed by atoms with E-state index in [1.807, 2.05) is 5.32 Å². The highest BCUT2D eigenvalue weighted by atomic mass is 35.5. The minimum Gasteiger partial charge on any atom is -0.464 e. The van der Waals surface area contributed by atoms with Gasteiger partial charge in [0.1, 0.15) is 0 Å². The molecule has 28 heavy (non-hydrogen) atoms. The number of carbonyl (C=O) groups excluding carboxylic acids is 2. The van der Waals surface area contributed by atoms with Crippen molar-refractivity contribution < 1.29 is 32.5 Å². The van der Waals surface area contributed by atoms with Gasteiger partial charge in [0.2, 0.25) is 0 Å². The Morgan fingerprint density at radius 3 is 2.36 bits per heavy atom. The van der Waals surface area contributed by atoms with Gasteiger partial charge in [-0.2, -0.15) is 13.2 Å². The zero-order chi connectivity index (χ0) is 21.1. The van der Waals surface area contributed by atoms with Crippen LogP contribution in [0.25, 0.3) is 0 Å². The predicted octanol–water partition coefficient (Wildman–Crippen LogP) is 3.39. The van der Waals surface area contributed by atoms with E-state index in [1.165, 1.54) is 24.4 Å². The summed E-state index contributed by atoms with van der Waals surface area (Å²) in [6.45, 7) is 1.64. The van der Waals surface area contributed by atoms with Gasteiger partial charge in [0.25, 0.3) is 11.7 Å². The van der Waals surface area contributed by atoms with Crippen molar-refractivity contribution in [3.05, 3.63) is 57.7 Å². The number of hydrogen-bond acceptors (Lipinski definition) is 4. The summed E-state index contributed by atoms with van der Waals surface area (Å²) in [6, 6.07) is 6.53. The number of carbonyl (C=O) groups is 2. The third-order valence-corrected chi connectivity index (χ3v) is 4.22. The highest BCUT2D eigenvalue weighted by molar-refractivity contribution is 6.36. The largest absolute Gasteiger partial charge is 0.464 e. The fourth-order valence-electron chi connectivity index (χ4n) is 2.31. The lowest BCUT2D eigenvalue weighted by molar-refractivity contribution is -0.363. The van der Waals surface area contributed by atoms with Gasteiger partial charge in [-0.1, -0.05) is 23.2 Å². The van der Waals surface area contributed by atoms with Crippen molar-refractivity contribution in [2.75, 3.05) is 12.4 Å². The van der Waals surface area contributed by atoms with Crippen molar-refractivity contribution >= 4 is 40.9 Å². The van der Waals surface area contributed by atoms with E-state index >= 15 is 0 Å². The van der Waals surface area contributed by atoms with Crippen LogP contribution in [0.3, 0.4) is 0 Å². The minimum absolute atomic E-state index is 0.176. The van der Waals surface area contributed by atoms with Gasteiger partial charge in [-0.15, -0.1) is 0 Å². The number of nitrogens with one attached hydrogen (secondary N) is 3. The van der Waals surface area contributed by atoms with E-state index in [0.717, 1.165) is 13.2 Å². The van der Waals surface area contributed by atoms with E-state index in [0.29, 0.717) is 5.56 Å². The van der Waals surface area contributed by atoms with Gasteiger partial charge in [0.05, 0.1) is 23.9 Å². The first kappa shape index (κ1) is 21.8. The van der Waals surface area contributed by atoms with Crippen molar-refractivity contribution in [3.8, 4) is 0 Å². The first-order valence-electron chi connectivity index (χ1n) is 7.69. The molecule has 1 aromatic heterocycles. The Hall–Kier alpha value is -2.52. The second-order valence-electron chi connectivity index (χ2n) is 5.72. The van der Waals surface area contributed by atoms with Gasteiger partial charge >= 0.3 is 17.8 Å². The molecule has 0 fully saturated rings. The Labute approximate surface area is 168 Å². The quantitative estimate of drug-likeness (QED) is 0.555. The van der Waals surface area contributed by atoms with Crippen molar-refractivity contribution in [3.63, 3.8) is 0 Å². The monoisotopic (exact) mass is 436 g/mol. The van der Waals surface area contributed by atoms with Gasteiger partial charge < -0.3 is 4.74 Å². The van der Waals surface area contributed by atoms with Crippen LogP contribution in [-0.2, 0) is 9.53 Å². The summed E-state index contributed by atoms with van der Waals surface area (Å²) in [6.07, 6.45) is -3.90. The number of ether oxygens (including phenoxy) is 1. The number of alkyl halides is 3. The molecule has 3 N–H and O–H groups in total. The van der Waals surface area contributed by atoms with Crippen LogP contribution in [-0.4, -0.2) is 30.8 Å². The van der Waals surface area contributed by atoms with Gasteiger partial charge in [-0.25, -0.2) is 15.1 Å². The molecule has 11 heteroatoms. The van der Waals surface area contributed by atoms with E-state index in [9.17, 15) is 22.8 Å². The molecule has 1 aromatic carbocycles. The summed E-state index contributed by atoms with van der Waals surface area (Å²) in [7, 11) is 0.770. The Bertz CT molecular complexity index is 909. The van der Waals surface area contributed by atoms with E-state index in [-0.39, 0.29) is 21.4 Å². The van der Waals surface area contributed by atoms with E-state index < -0.39 is 23.7 Å². The van der Waals surface area contributed by atoms with Crippen molar-refractivity contribution in [1.29, 1.82) is 0 Å². The maximum absolute atomic E-state index is 14.0. The molecule has 1 heterocycles. The number of aryl methyl sites for hydroxylation is 1. The van der Waals surface area contributed by atoms with Crippen LogP contribution in [0.15, 0.2) is 36.5 Å². The second-order valence-corrected chi connectivity index (χ2v) is 6.57. The topological polar surface area (TPSA) is 81.6 Å². The molecule has 0 aliphatic carbocycles. The predicted molar refractivity (Wildman–Crippen MR) is 96.1 cm³/mol. The maximum atomic E-state index is 14.0. The molecular formula is C17H15Cl2F3N3O3+. The average Bonchev–Trinajstić information content (AvgIpc) is 2.59. The number of benzene rings is 1. The molecule has 0 spiro atoms. The average molecular weight is 437 g/mol. The number of pyridine rings is 1. The third kappa shape index (κ3) is 4.48. The number of halogens is 5. The van der Waals surface area contributed by atoms with Gasteiger partial charge in [0.15, 0.2) is 0 Å². The molecular weight excluding hydrogens is 422 g/mol. The molecule has 0 bridgehead atoms. The summed E-state index contributed by atoms with van der Waals surface area (Å²) in [5, 5.41) is 3.67. The van der Waals surface area contributed by atoms with Crippen LogP contribution in [0, 0.1) is 6.92 Å². The van der Waals surface area contributed by atoms with Crippen LogP contribution < -0.4 is 15.6 Å². The lowest BCUT2D eigenvalue weighted by Crippen LogP contribution is -2.69. The number of rotatable bonds is 5. The summed E-state index contributed by atoms with van der Waals surface area (Å²) in [5.41, 5.74) is -3.28. The molecule has 2 aromatic rings. The number of H-pyrrole nitrogens is 1. The van der Waals surface area contributed by atoms with E-state index in [1.54, 1.807) is 18.3 Å². The van der Waals surface area contributed by atoms with Gasteiger partial charge in [-0.05, 0) is 36.8 Å². The lowest BCUT2D eigenvalue weighted by Gasteiger charge is -2.30. The fraction of sp³-hybridized carbons (Fsp3) is 0.235. The zero-order valence-electron chi connectivity index (χ0n) is 14.6. The Morgan fingerprint density at radius 1 is 1.14 bits per heavy atom. The number of hydrogen-bond donors (Lipinski definition) is 2. The SMILES string of the molecule is COC(=O)[C@@](NC(=O)c1ccc(Cl)cc1Cl)(Nc1cc(C)cc[nH+]1)C(F)(F)F. The van der Waals surface area contributed by atoms with Crippen LogP contribution >= 0.6 is 23.2 Å². The number of anilines is 1. The number of aromatic amines is 1. The molecule has 0 radical (unpaired) electrons. The molecule has 0 saturated heterocycles. The second kappa shape index (κ2) is 8.24. The smallest absolute Gasteiger partial charge is 0.464 e. The summed E-state index contributed by atoms with van der Waals surface area (Å²) < 4.78 is 46.3. The third-order valence-electron chi connectivity index (χ3n) is 3.67. The molecule has 0 aliphatic rings. The molecule has 0 saturated carbocycles. The van der Waals surface area contributed by atoms with Crippen LogP contribution in [0.2, 0.25) is 10.0 Å². The van der Waals surface area contributed by atoms with Crippen molar-refractivity contribution in [2.45, 2.75) is 18.8 Å². The number of aromatic nitrogens is 1. The molecule has 150 valence electrons. The Morgan fingerprint density at radius 2 is 1.82 bits per heavy atom. The minimum atomic E-state index is -5.27. The normalized spacial score (nSPS) is 13.4. The first-order chi connectivity index (χ1) is 13.0. The summed E-state index contributed by atoms with van der Waals surface area (Å²) in [5.74, 6) is -3.21. The Kier molecular flexibility index (Phi) is 6.41. The van der Waals surface area contributed by atoms with Gasteiger partial charge in [-0.3, -0.25) is 10.1 Å². The Balaban J connectivity index is 2.53. The van der Waals surface area contributed by atoms with E-state index in [2.05, 4.69) is 9.72 Å².